The lowest BCUT2D eigenvalue weighted by molar-refractivity contribution is -0.115. The number of hydrogen-bond acceptors (Lipinski definition) is 4. The van der Waals surface area contributed by atoms with E-state index in [9.17, 15) is 14.0 Å². The molecule has 5 nitrogen and oxygen atoms in total. The molecule has 130 valence electrons. The molecule has 26 heavy (non-hydrogen) atoms. The normalized spacial score (nSPS) is 12.6. The van der Waals surface area contributed by atoms with Crippen molar-refractivity contribution in [3.8, 4) is 11.3 Å². The van der Waals surface area contributed by atoms with E-state index in [4.69, 9.17) is 0 Å². The maximum Gasteiger partial charge on any atom is 0.251 e. The van der Waals surface area contributed by atoms with Gasteiger partial charge in [-0.15, -0.1) is 11.3 Å². The van der Waals surface area contributed by atoms with Crippen LogP contribution < -0.4 is 10.6 Å². The Bertz CT molecular complexity index is 1020. The minimum atomic E-state index is -0.446. The topological polar surface area (TPSA) is 71.1 Å². The zero-order valence-corrected chi connectivity index (χ0v) is 14.4. The highest BCUT2D eigenvalue weighted by Gasteiger charge is 2.18. The van der Waals surface area contributed by atoms with Crippen molar-refractivity contribution >= 4 is 28.8 Å². The van der Waals surface area contributed by atoms with E-state index in [-0.39, 0.29) is 23.9 Å². The molecular weight excluding hydrogens is 353 g/mol. The van der Waals surface area contributed by atoms with Crippen molar-refractivity contribution < 1.29 is 14.0 Å². The Morgan fingerprint density at radius 2 is 2.15 bits per heavy atom. The van der Waals surface area contributed by atoms with Gasteiger partial charge in [0.25, 0.3) is 5.91 Å². The number of thiazole rings is 1. The Morgan fingerprint density at radius 1 is 1.27 bits per heavy atom. The number of rotatable bonds is 4. The fourth-order valence-electron chi connectivity index (χ4n) is 2.80. The molecule has 1 aliphatic rings. The molecule has 0 radical (unpaired) electrons. The first-order chi connectivity index (χ1) is 12.6. The van der Waals surface area contributed by atoms with Gasteiger partial charge in [0.1, 0.15) is 10.8 Å². The highest BCUT2D eigenvalue weighted by molar-refractivity contribution is 7.09. The number of nitrogens with one attached hydrogen (secondary N) is 2. The van der Waals surface area contributed by atoms with Crippen molar-refractivity contribution in [2.45, 2.75) is 13.0 Å². The number of carbonyl (C=O) groups is 2. The number of halogens is 1. The first-order valence-corrected chi connectivity index (χ1v) is 8.88. The van der Waals surface area contributed by atoms with Crippen LogP contribution in [0, 0.1) is 5.82 Å². The van der Waals surface area contributed by atoms with Crippen LogP contribution in [-0.2, 0) is 17.8 Å². The molecule has 2 amide bonds. The van der Waals surface area contributed by atoms with Crippen molar-refractivity contribution in [3.63, 3.8) is 0 Å². The van der Waals surface area contributed by atoms with Gasteiger partial charge in [0, 0.05) is 22.2 Å². The van der Waals surface area contributed by atoms with Gasteiger partial charge < -0.3 is 10.6 Å². The molecule has 0 aliphatic carbocycles. The minimum Gasteiger partial charge on any atom is -0.346 e. The number of amides is 2. The van der Waals surface area contributed by atoms with Crippen LogP contribution in [0.4, 0.5) is 10.1 Å². The first kappa shape index (κ1) is 16.4. The lowest BCUT2D eigenvalue weighted by Crippen LogP contribution is -2.22. The Hall–Kier alpha value is -3.06. The number of nitrogens with zero attached hydrogens (tertiary/aromatic N) is 1. The minimum absolute atomic E-state index is 0.00354. The summed E-state index contributed by atoms with van der Waals surface area (Å²) in [6, 6.07) is 11.3. The standard InChI is InChI=1S/C19H14FN3O2S/c20-14-3-1-2-12(7-14)19(25)21-9-18-23-16(10-26-18)11-4-5-15-13(6-11)8-17(24)22-15/h1-7,10H,8-9H2,(H,21,25)(H,22,24). The zero-order valence-electron chi connectivity index (χ0n) is 13.6. The molecule has 0 unspecified atom stereocenters. The molecule has 2 aromatic carbocycles. The van der Waals surface area contributed by atoms with Gasteiger partial charge in [0.2, 0.25) is 5.91 Å². The summed E-state index contributed by atoms with van der Waals surface area (Å²) in [4.78, 5) is 28.0. The highest BCUT2D eigenvalue weighted by Crippen LogP contribution is 2.29. The number of anilines is 1. The van der Waals surface area contributed by atoms with Crippen LogP contribution in [0.3, 0.4) is 0 Å². The molecule has 2 N–H and O–H groups in total. The molecular formula is C19H14FN3O2S. The van der Waals surface area contributed by atoms with Crippen LogP contribution in [0.1, 0.15) is 20.9 Å². The van der Waals surface area contributed by atoms with Gasteiger partial charge in [-0.05, 0) is 35.9 Å². The van der Waals surface area contributed by atoms with Crippen molar-refractivity contribution in [3.05, 3.63) is 69.8 Å². The zero-order chi connectivity index (χ0) is 18.1. The molecule has 0 bridgehead atoms. The number of aromatic nitrogens is 1. The van der Waals surface area contributed by atoms with E-state index in [1.807, 2.05) is 23.6 Å². The van der Waals surface area contributed by atoms with Gasteiger partial charge in [0.05, 0.1) is 18.7 Å². The number of benzene rings is 2. The first-order valence-electron chi connectivity index (χ1n) is 8.00. The monoisotopic (exact) mass is 367 g/mol. The van der Waals surface area contributed by atoms with E-state index in [2.05, 4.69) is 15.6 Å². The Kier molecular flexibility index (Phi) is 4.22. The molecule has 4 rings (SSSR count). The van der Waals surface area contributed by atoms with Gasteiger partial charge in [-0.25, -0.2) is 9.37 Å². The van der Waals surface area contributed by atoms with Crippen molar-refractivity contribution in [2.75, 3.05) is 5.32 Å². The predicted molar refractivity (Wildman–Crippen MR) is 97.5 cm³/mol. The van der Waals surface area contributed by atoms with Gasteiger partial charge in [-0.1, -0.05) is 12.1 Å². The third-order valence-electron chi connectivity index (χ3n) is 4.06. The molecule has 3 aromatic rings. The largest absolute Gasteiger partial charge is 0.346 e. The summed E-state index contributed by atoms with van der Waals surface area (Å²) in [6.45, 7) is 0.269. The summed E-state index contributed by atoms with van der Waals surface area (Å²) in [5.41, 5.74) is 3.81. The van der Waals surface area contributed by atoms with Crippen LogP contribution in [0.5, 0.6) is 0 Å². The molecule has 0 fully saturated rings. The third kappa shape index (κ3) is 3.34. The van der Waals surface area contributed by atoms with E-state index in [0.717, 1.165) is 27.5 Å². The number of fused-ring (bicyclic) bond motifs is 1. The highest BCUT2D eigenvalue weighted by atomic mass is 32.1. The second kappa shape index (κ2) is 6.68. The summed E-state index contributed by atoms with van der Waals surface area (Å²) >= 11 is 1.44. The van der Waals surface area contributed by atoms with Crippen molar-refractivity contribution in [1.82, 2.24) is 10.3 Å². The second-order valence-electron chi connectivity index (χ2n) is 5.92. The second-order valence-corrected chi connectivity index (χ2v) is 6.86. The number of hydrogen-bond donors (Lipinski definition) is 2. The molecule has 0 saturated heterocycles. The Balaban J connectivity index is 1.45. The van der Waals surface area contributed by atoms with Crippen molar-refractivity contribution in [1.29, 1.82) is 0 Å². The van der Waals surface area contributed by atoms with E-state index >= 15 is 0 Å². The summed E-state index contributed by atoms with van der Waals surface area (Å²) in [6.07, 6.45) is 0.379. The quantitative estimate of drug-likeness (QED) is 0.743. The fourth-order valence-corrected chi connectivity index (χ4v) is 3.54. The molecule has 1 aliphatic heterocycles. The molecule has 0 saturated carbocycles. The van der Waals surface area contributed by atoms with Crippen LogP contribution in [0.15, 0.2) is 47.8 Å². The maximum absolute atomic E-state index is 13.2. The van der Waals surface area contributed by atoms with E-state index in [1.54, 1.807) is 6.07 Å². The summed E-state index contributed by atoms with van der Waals surface area (Å²) in [5.74, 6) is -0.793. The smallest absolute Gasteiger partial charge is 0.251 e. The summed E-state index contributed by atoms with van der Waals surface area (Å²) in [7, 11) is 0. The van der Waals surface area contributed by atoms with Crippen molar-refractivity contribution in [2.24, 2.45) is 0 Å². The molecule has 0 spiro atoms. The molecule has 0 atom stereocenters. The summed E-state index contributed by atoms with van der Waals surface area (Å²) in [5, 5.41) is 8.21. The maximum atomic E-state index is 13.2. The van der Waals surface area contributed by atoms with E-state index in [0.29, 0.717) is 6.42 Å². The third-order valence-corrected chi connectivity index (χ3v) is 4.91. The lowest BCUT2D eigenvalue weighted by atomic mass is 10.1. The van der Waals surface area contributed by atoms with Crippen LogP contribution >= 0.6 is 11.3 Å². The lowest BCUT2D eigenvalue weighted by Gasteiger charge is -2.03. The van der Waals surface area contributed by atoms with Crippen LogP contribution in [-0.4, -0.2) is 16.8 Å². The molecule has 1 aromatic heterocycles. The van der Waals surface area contributed by atoms with E-state index < -0.39 is 5.82 Å². The Morgan fingerprint density at radius 3 is 3.00 bits per heavy atom. The summed E-state index contributed by atoms with van der Waals surface area (Å²) < 4.78 is 13.2. The van der Waals surface area contributed by atoms with Gasteiger partial charge in [0.15, 0.2) is 0 Å². The van der Waals surface area contributed by atoms with E-state index in [1.165, 1.54) is 29.5 Å². The molecule has 2 heterocycles. The van der Waals surface area contributed by atoms with Gasteiger partial charge in [-0.2, -0.15) is 0 Å². The molecule has 7 heteroatoms. The number of carbonyl (C=O) groups excluding carboxylic acids is 2. The Labute approximate surface area is 152 Å². The van der Waals surface area contributed by atoms with Gasteiger partial charge in [-0.3, -0.25) is 9.59 Å². The average Bonchev–Trinajstić information content (AvgIpc) is 3.24. The predicted octanol–water partition coefficient (Wildman–Crippen LogP) is 3.37. The SMILES string of the molecule is O=C1Cc2cc(-c3csc(CNC(=O)c4cccc(F)c4)n3)ccc2N1. The van der Waals surface area contributed by atoms with Crippen LogP contribution in [0.2, 0.25) is 0 Å². The fraction of sp³-hybridized carbons (Fsp3) is 0.105. The average molecular weight is 367 g/mol. The van der Waals surface area contributed by atoms with Gasteiger partial charge >= 0.3 is 0 Å². The van der Waals surface area contributed by atoms with Crippen LogP contribution in [0.25, 0.3) is 11.3 Å².